The molecule has 0 saturated carbocycles. The molecule has 144 valence electrons. The summed E-state index contributed by atoms with van der Waals surface area (Å²) in [5, 5.41) is 0. The molecular weight excluding hydrogens is 384 g/mol. The van der Waals surface area contributed by atoms with Crippen molar-refractivity contribution in [1.82, 2.24) is 0 Å². The van der Waals surface area contributed by atoms with Crippen molar-refractivity contribution in [3.63, 3.8) is 0 Å². The average Bonchev–Trinajstić information content (AvgIpc) is 2.52. The van der Waals surface area contributed by atoms with Crippen LogP contribution in [0.5, 0.6) is 0 Å². The van der Waals surface area contributed by atoms with Crippen molar-refractivity contribution >= 4 is 11.5 Å². The van der Waals surface area contributed by atoms with Crippen molar-refractivity contribution in [2.24, 2.45) is 0 Å². The first-order valence-corrected chi connectivity index (χ1v) is 7.23. The van der Waals surface area contributed by atoms with Crippen LogP contribution in [0.3, 0.4) is 0 Å². The van der Waals surface area contributed by atoms with Crippen LogP contribution in [0, 0.1) is 11.6 Å². The first-order valence-electron chi connectivity index (χ1n) is 7.23. The quantitative estimate of drug-likeness (QED) is 0.426. The van der Waals surface area contributed by atoms with Crippen LogP contribution >= 0.6 is 0 Å². The van der Waals surface area contributed by atoms with Gasteiger partial charge >= 0.3 is 12.4 Å². The molecule has 0 unspecified atom stereocenters. The summed E-state index contributed by atoms with van der Waals surface area (Å²) in [6.07, 6.45) is -11.1. The zero-order valence-corrected chi connectivity index (χ0v) is 13.2. The molecule has 0 bridgehead atoms. The van der Waals surface area contributed by atoms with Gasteiger partial charge in [0.25, 0.3) is 0 Å². The van der Waals surface area contributed by atoms with Gasteiger partial charge < -0.3 is 4.74 Å². The molecule has 2 rings (SSSR count). The lowest BCUT2D eigenvalue weighted by Gasteiger charge is -2.16. The molecule has 0 aliphatic rings. The summed E-state index contributed by atoms with van der Waals surface area (Å²) in [6.45, 7) is 0. The van der Waals surface area contributed by atoms with Gasteiger partial charge in [-0.3, -0.25) is 0 Å². The Hall–Kier alpha value is -2.84. The van der Waals surface area contributed by atoms with Gasteiger partial charge in [0, 0.05) is 0 Å². The number of ether oxygens (including phenoxy) is 1. The maximum absolute atomic E-state index is 13.9. The van der Waals surface area contributed by atoms with Crippen molar-refractivity contribution in [3.05, 3.63) is 83.4 Å². The van der Waals surface area contributed by atoms with Crippen LogP contribution in [0.15, 0.2) is 60.7 Å². The average molecular weight is 394 g/mol. The topological polar surface area (TPSA) is 9.23 Å². The van der Waals surface area contributed by atoms with Crippen molar-refractivity contribution in [3.8, 4) is 0 Å². The molecule has 0 atom stereocenters. The molecule has 0 radical (unpaired) electrons. The van der Waals surface area contributed by atoms with Gasteiger partial charge in [0.2, 0.25) is 0 Å². The van der Waals surface area contributed by atoms with Gasteiger partial charge in [-0.05, 0) is 24.3 Å². The standard InChI is InChI=1S/C18H10F8O/c19-13-7-3-1-5-11(13)15(9-17(21,22)23)27-16(10-18(24,25)26)12-6-2-4-8-14(12)20/h1-10H. The van der Waals surface area contributed by atoms with Crippen LogP contribution in [-0.2, 0) is 4.74 Å². The van der Waals surface area contributed by atoms with Crippen LogP contribution in [-0.4, -0.2) is 12.4 Å². The Balaban J connectivity index is 2.61. The summed E-state index contributed by atoms with van der Waals surface area (Å²) in [6, 6.07) is 8.07. The molecule has 2 aromatic rings. The lowest BCUT2D eigenvalue weighted by atomic mass is 10.1. The van der Waals surface area contributed by atoms with Gasteiger partial charge in [0.15, 0.2) is 0 Å². The number of benzene rings is 2. The highest BCUT2D eigenvalue weighted by Gasteiger charge is 2.31. The molecule has 0 spiro atoms. The van der Waals surface area contributed by atoms with E-state index in [-0.39, 0.29) is 0 Å². The van der Waals surface area contributed by atoms with Crippen molar-refractivity contribution in [2.75, 3.05) is 0 Å². The zero-order chi connectivity index (χ0) is 20.2. The zero-order valence-electron chi connectivity index (χ0n) is 13.2. The van der Waals surface area contributed by atoms with Crippen LogP contribution in [0.25, 0.3) is 11.5 Å². The Morgan fingerprint density at radius 2 is 0.963 bits per heavy atom. The van der Waals surface area contributed by atoms with Gasteiger partial charge in [0.05, 0.1) is 23.3 Å². The van der Waals surface area contributed by atoms with Crippen molar-refractivity contribution < 1.29 is 39.9 Å². The van der Waals surface area contributed by atoms with E-state index >= 15 is 0 Å². The Labute approximate surface area is 148 Å². The molecule has 1 nitrogen and oxygen atoms in total. The fourth-order valence-electron chi connectivity index (χ4n) is 2.06. The highest BCUT2D eigenvalue weighted by molar-refractivity contribution is 5.71. The van der Waals surface area contributed by atoms with Gasteiger partial charge in [-0.2, -0.15) is 26.3 Å². The van der Waals surface area contributed by atoms with Crippen LogP contribution in [0.2, 0.25) is 0 Å². The Morgan fingerprint density at radius 3 is 1.26 bits per heavy atom. The fraction of sp³-hybridized carbons (Fsp3) is 0.111. The summed E-state index contributed by atoms with van der Waals surface area (Å²) >= 11 is 0. The van der Waals surface area contributed by atoms with Gasteiger partial charge in [-0.1, -0.05) is 24.3 Å². The minimum absolute atomic E-state index is 0.503. The SMILES string of the molecule is Fc1ccccc1C(=CC(F)(F)F)OC(=CC(F)(F)F)c1ccccc1F. The van der Waals surface area contributed by atoms with Crippen LogP contribution in [0.1, 0.15) is 11.1 Å². The first kappa shape index (κ1) is 20.5. The normalized spacial score (nSPS) is 13.6. The molecule has 0 heterocycles. The van der Waals surface area contributed by atoms with Gasteiger partial charge in [-0.15, -0.1) is 0 Å². The molecule has 0 saturated heterocycles. The van der Waals surface area contributed by atoms with E-state index in [4.69, 9.17) is 4.74 Å². The Morgan fingerprint density at radius 1 is 0.630 bits per heavy atom. The van der Waals surface area contributed by atoms with E-state index in [1.807, 2.05) is 0 Å². The fourth-order valence-corrected chi connectivity index (χ4v) is 2.06. The number of hydrogen-bond acceptors (Lipinski definition) is 1. The summed E-state index contributed by atoms with van der Waals surface area (Å²) in [4.78, 5) is 0. The number of hydrogen-bond donors (Lipinski definition) is 0. The second-order valence-electron chi connectivity index (χ2n) is 5.16. The lowest BCUT2D eigenvalue weighted by molar-refractivity contribution is -0.0803. The first-order chi connectivity index (χ1) is 12.5. The van der Waals surface area contributed by atoms with E-state index in [0.717, 1.165) is 24.3 Å². The molecule has 2 aromatic carbocycles. The van der Waals surface area contributed by atoms with E-state index in [2.05, 4.69) is 0 Å². The number of rotatable bonds is 4. The Bertz CT molecular complexity index is 791. The van der Waals surface area contributed by atoms with Crippen molar-refractivity contribution in [1.29, 1.82) is 0 Å². The molecule has 0 aliphatic heterocycles. The summed E-state index contributed by atoms with van der Waals surface area (Å²) in [5.74, 6) is -4.82. The van der Waals surface area contributed by atoms with Gasteiger partial charge in [0.1, 0.15) is 23.2 Å². The largest absolute Gasteiger partial charge is 0.456 e. The third-order valence-corrected chi connectivity index (χ3v) is 3.09. The summed E-state index contributed by atoms with van der Waals surface area (Å²) < 4.78 is 109. The van der Waals surface area contributed by atoms with Crippen LogP contribution in [0.4, 0.5) is 35.1 Å². The molecular formula is C18H10F8O. The molecule has 0 N–H and O–H groups in total. The monoisotopic (exact) mass is 394 g/mol. The predicted octanol–water partition coefficient (Wildman–Crippen LogP) is 6.49. The molecule has 27 heavy (non-hydrogen) atoms. The minimum Gasteiger partial charge on any atom is -0.456 e. The Kier molecular flexibility index (Phi) is 5.92. The highest BCUT2D eigenvalue weighted by atomic mass is 19.4. The van der Waals surface area contributed by atoms with E-state index < -0.39 is 58.8 Å². The smallest absolute Gasteiger partial charge is 0.413 e. The van der Waals surface area contributed by atoms with E-state index in [9.17, 15) is 35.1 Å². The molecule has 0 fully saturated rings. The lowest BCUT2D eigenvalue weighted by Crippen LogP contribution is -2.09. The maximum atomic E-state index is 13.9. The highest BCUT2D eigenvalue weighted by Crippen LogP contribution is 2.34. The van der Waals surface area contributed by atoms with Crippen LogP contribution < -0.4 is 0 Å². The summed E-state index contributed by atoms with van der Waals surface area (Å²) in [5.41, 5.74) is -1.47. The maximum Gasteiger partial charge on any atom is 0.413 e. The number of allylic oxidation sites excluding steroid dienone is 2. The van der Waals surface area contributed by atoms with E-state index in [0.29, 0.717) is 0 Å². The third-order valence-electron chi connectivity index (χ3n) is 3.09. The second kappa shape index (κ2) is 7.81. The molecule has 0 aliphatic carbocycles. The molecule has 0 aromatic heterocycles. The predicted molar refractivity (Wildman–Crippen MR) is 81.9 cm³/mol. The van der Waals surface area contributed by atoms with E-state index in [1.54, 1.807) is 0 Å². The van der Waals surface area contributed by atoms with Gasteiger partial charge in [-0.25, -0.2) is 8.78 Å². The number of halogens is 8. The minimum atomic E-state index is -5.03. The molecule has 9 heteroatoms. The second-order valence-corrected chi connectivity index (χ2v) is 5.16. The third kappa shape index (κ3) is 6.12. The van der Waals surface area contributed by atoms with Crippen molar-refractivity contribution in [2.45, 2.75) is 12.4 Å². The molecule has 0 amide bonds. The summed E-state index contributed by atoms with van der Waals surface area (Å²) in [7, 11) is 0. The van der Waals surface area contributed by atoms with E-state index in [1.165, 1.54) is 24.3 Å². The number of alkyl halides is 6.